The lowest BCUT2D eigenvalue weighted by molar-refractivity contribution is 0.166. The Morgan fingerprint density at radius 3 is 2.75 bits per heavy atom. The Bertz CT molecular complexity index is 399. The number of aromatic nitrogens is 1. The van der Waals surface area contributed by atoms with Crippen LogP contribution in [0, 0.1) is 0 Å². The molecule has 0 radical (unpaired) electrons. The van der Waals surface area contributed by atoms with E-state index in [1.54, 1.807) is 23.7 Å². The SMILES string of the molecule is OC(CCc1ccncc1)Cc1cccs1. The maximum Gasteiger partial charge on any atom is 0.0591 e. The van der Waals surface area contributed by atoms with Gasteiger partial charge in [0.15, 0.2) is 0 Å². The van der Waals surface area contributed by atoms with Crippen molar-refractivity contribution in [1.29, 1.82) is 0 Å². The van der Waals surface area contributed by atoms with Crippen molar-refractivity contribution in [2.24, 2.45) is 0 Å². The van der Waals surface area contributed by atoms with Crippen molar-refractivity contribution in [2.45, 2.75) is 25.4 Å². The lowest BCUT2D eigenvalue weighted by atomic mass is 10.1. The molecule has 0 aliphatic rings. The lowest BCUT2D eigenvalue weighted by Crippen LogP contribution is -2.10. The minimum atomic E-state index is -0.244. The van der Waals surface area contributed by atoms with Crippen LogP contribution in [0.15, 0.2) is 42.0 Å². The van der Waals surface area contributed by atoms with Crippen LogP contribution in [0.2, 0.25) is 0 Å². The third-order valence-electron chi connectivity index (χ3n) is 2.53. The predicted molar refractivity (Wildman–Crippen MR) is 66.6 cm³/mol. The highest BCUT2D eigenvalue weighted by molar-refractivity contribution is 7.09. The molecule has 16 heavy (non-hydrogen) atoms. The highest BCUT2D eigenvalue weighted by Gasteiger charge is 2.06. The van der Waals surface area contributed by atoms with Gasteiger partial charge in [0.25, 0.3) is 0 Å². The van der Waals surface area contributed by atoms with Crippen molar-refractivity contribution in [2.75, 3.05) is 0 Å². The second-order valence-electron chi connectivity index (χ2n) is 3.83. The number of aliphatic hydroxyl groups is 1. The first-order chi connectivity index (χ1) is 7.84. The summed E-state index contributed by atoms with van der Waals surface area (Å²) in [6.45, 7) is 0. The Morgan fingerprint density at radius 2 is 2.06 bits per heavy atom. The molecule has 3 heteroatoms. The molecule has 2 heterocycles. The van der Waals surface area contributed by atoms with Gasteiger partial charge >= 0.3 is 0 Å². The van der Waals surface area contributed by atoms with Gasteiger partial charge < -0.3 is 5.11 Å². The minimum absolute atomic E-state index is 0.244. The molecule has 0 amide bonds. The maximum atomic E-state index is 9.87. The van der Waals surface area contributed by atoms with Gasteiger partial charge in [0.05, 0.1) is 6.10 Å². The van der Waals surface area contributed by atoms with E-state index in [0.717, 1.165) is 19.3 Å². The summed E-state index contributed by atoms with van der Waals surface area (Å²) in [5.74, 6) is 0. The summed E-state index contributed by atoms with van der Waals surface area (Å²) in [4.78, 5) is 5.22. The van der Waals surface area contributed by atoms with Gasteiger partial charge in [0.2, 0.25) is 0 Å². The molecule has 0 aliphatic carbocycles. The van der Waals surface area contributed by atoms with E-state index >= 15 is 0 Å². The molecule has 2 rings (SSSR count). The number of rotatable bonds is 5. The number of thiophene rings is 1. The Labute approximate surface area is 99.6 Å². The van der Waals surface area contributed by atoms with Crippen LogP contribution in [0.4, 0.5) is 0 Å². The van der Waals surface area contributed by atoms with Crippen LogP contribution in [0.5, 0.6) is 0 Å². The summed E-state index contributed by atoms with van der Waals surface area (Å²) < 4.78 is 0. The highest BCUT2D eigenvalue weighted by Crippen LogP contribution is 2.14. The zero-order valence-corrected chi connectivity index (χ0v) is 9.86. The topological polar surface area (TPSA) is 33.1 Å². The molecular formula is C13H15NOS. The van der Waals surface area contributed by atoms with Crippen LogP contribution in [-0.4, -0.2) is 16.2 Å². The van der Waals surface area contributed by atoms with E-state index in [1.165, 1.54) is 10.4 Å². The number of hydrogen-bond acceptors (Lipinski definition) is 3. The van der Waals surface area contributed by atoms with E-state index in [0.29, 0.717) is 0 Å². The average Bonchev–Trinajstić information content (AvgIpc) is 2.81. The predicted octanol–water partition coefficient (Wildman–Crippen LogP) is 2.68. The molecule has 0 saturated heterocycles. The molecule has 0 aromatic carbocycles. The third-order valence-corrected chi connectivity index (χ3v) is 3.43. The number of pyridine rings is 1. The van der Waals surface area contributed by atoms with Crippen LogP contribution in [0.1, 0.15) is 16.9 Å². The monoisotopic (exact) mass is 233 g/mol. The zero-order valence-electron chi connectivity index (χ0n) is 9.04. The summed E-state index contributed by atoms with van der Waals surface area (Å²) in [7, 11) is 0. The molecule has 1 N–H and O–H groups in total. The summed E-state index contributed by atoms with van der Waals surface area (Å²) >= 11 is 1.70. The van der Waals surface area contributed by atoms with Gasteiger partial charge in [-0.2, -0.15) is 0 Å². The minimum Gasteiger partial charge on any atom is -0.393 e. The molecule has 1 unspecified atom stereocenters. The van der Waals surface area contributed by atoms with Crippen LogP contribution in [0.25, 0.3) is 0 Å². The first-order valence-electron chi connectivity index (χ1n) is 5.44. The summed E-state index contributed by atoms with van der Waals surface area (Å²) in [5, 5.41) is 11.9. The molecule has 2 aromatic rings. The quantitative estimate of drug-likeness (QED) is 0.861. The van der Waals surface area contributed by atoms with Crippen molar-refractivity contribution in [3.05, 3.63) is 52.5 Å². The molecule has 1 atom stereocenters. The fourth-order valence-electron chi connectivity index (χ4n) is 1.65. The standard InChI is InChI=1S/C13H15NOS/c15-12(10-13-2-1-9-16-13)4-3-11-5-7-14-8-6-11/h1-2,5-9,12,15H,3-4,10H2. The molecule has 0 spiro atoms. The average molecular weight is 233 g/mol. The van der Waals surface area contributed by atoms with Crippen LogP contribution in [0.3, 0.4) is 0 Å². The van der Waals surface area contributed by atoms with Crippen molar-refractivity contribution in [3.63, 3.8) is 0 Å². The fraction of sp³-hybridized carbons (Fsp3) is 0.308. The molecular weight excluding hydrogens is 218 g/mol. The van der Waals surface area contributed by atoms with E-state index in [-0.39, 0.29) is 6.10 Å². The van der Waals surface area contributed by atoms with Gasteiger partial charge in [0.1, 0.15) is 0 Å². The number of nitrogens with zero attached hydrogens (tertiary/aromatic N) is 1. The van der Waals surface area contributed by atoms with E-state index in [4.69, 9.17) is 0 Å². The van der Waals surface area contributed by atoms with Crippen LogP contribution < -0.4 is 0 Å². The summed E-state index contributed by atoms with van der Waals surface area (Å²) in [5.41, 5.74) is 1.24. The zero-order chi connectivity index (χ0) is 11.2. The number of aliphatic hydroxyl groups excluding tert-OH is 1. The Kier molecular flexibility index (Phi) is 4.08. The van der Waals surface area contributed by atoms with Gasteiger partial charge in [-0.3, -0.25) is 4.98 Å². The first-order valence-corrected chi connectivity index (χ1v) is 6.32. The van der Waals surface area contributed by atoms with E-state index in [1.807, 2.05) is 23.6 Å². The maximum absolute atomic E-state index is 9.87. The Morgan fingerprint density at radius 1 is 1.25 bits per heavy atom. The number of hydrogen-bond donors (Lipinski definition) is 1. The van der Waals surface area contributed by atoms with Gasteiger partial charge in [-0.05, 0) is 42.0 Å². The highest BCUT2D eigenvalue weighted by atomic mass is 32.1. The molecule has 0 aliphatic heterocycles. The third kappa shape index (κ3) is 3.43. The lowest BCUT2D eigenvalue weighted by Gasteiger charge is -2.08. The molecule has 0 bridgehead atoms. The van der Waals surface area contributed by atoms with Gasteiger partial charge in [-0.15, -0.1) is 11.3 Å². The summed E-state index contributed by atoms with van der Waals surface area (Å²) in [6, 6.07) is 8.09. The normalized spacial score (nSPS) is 12.6. The second-order valence-corrected chi connectivity index (χ2v) is 4.86. The number of aryl methyl sites for hydroxylation is 1. The molecule has 0 fully saturated rings. The molecule has 84 valence electrons. The van der Waals surface area contributed by atoms with E-state index in [9.17, 15) is 5.11 Å². The van der Waals surface area contributed by atoms with Crippen LogP contribution in [-0.2, 0) is 12.8 Å². The smallest absolute Gasteiger partial charge is 0.0591 e. The molecule has 2 aromatic heterocycles. The first kappa shape index (κ1) is 11.3. The Hall–Kier alpha value is -1.19. The van der Waals surface area contributed by atoms with Crippen molar-refractivity contribution in [3.8, 4) is 0 Å². The second kappa shape index (κ2) is 5.77. The molecule has 0 saturated carbocycles. The van der Waals surface area contributed by atoms with Crippen molar-refractivity contribution in [1.82, 2.24) is 4.98 Å². The Balaban J connectivity index is 1.78. The largest absolute Gasteiger partial charge is 0.393 e. The van der Waals surface area contributed by atoms with Gasteiger partial charge in [-0.25, -0.2) is 0 Å². The fourth-order valence-corrected chi connectivity index (χ4v) is 2.42. The van der Waals surface area contributed by atoms with E-state index < -0.39 is 0 Å². The van der Waals surface area contributed by atoms with Gasteiger partial charge in [-0.1, -0.05) is 6.07 Å². The molecule has 2 nitrogen and oxygen atoms in total. The van der Waals surface area contributed by atoms with Crippen molar-refractivity contribution < 1.29 is 5.11 Å². The van der Waals surface area contributed by atoms with E-state index in [2.05, 4.69) is 11.1 Å². The van der Waals surface area contributed by atoms with Gasteiger partial charge in [0, 0.05) is 23.7 Å². The van der Waals surface area contributed by atoms with Crippen LogP contribution >= 0.6 is 11.3 Å². The summed E-state index contributed by atoms with van der Waals surface area (Å²) in [6.07, 6.45) is 5.83. The van der Waals surface area contributed by atoms with Crippen molar-refractivity contribution >= 4 is 11.3 Å².